The fraction of sp³-hybridized carbons (Fsp3) is 0.300. The minimum Gasteiger partial charge on any atom is -0.497 e. The lowest BCUT2D eigenvalue weighted by Crippen LogP contribution is -2.36. The lowest BCUT2D eigenvalue weighted by Gasteiger charge is -2.16. The van der Waals surface area contributed by atoms with Gasteiger partial charge in [-0.2, -0.15) is 5.10 Å². The van der Waals surface area contributed by atoms with Gasteiger partial charge in [0.15, 0.2) is 0 Å². The molecule has 1 amide bonds. The molecule has 0 saturated carbocycles. The molecule has 0 saturated heterocycles. The van der Waals surface area contributed by atoms with E-state index >= 15 is 0 Å². The standard InChI is InChI=1S/C20H25N3O3/c1-4-19(22-16-8-12-17(25-3)13-9-16)20(24)23-21-14-15-6-10-18(11-7-15)26-5-2/h6-14,19,22H,4-5H2,1-3H3,(H,23,24)/t19-/m1/s1. The summed E-state index contributed by atoms with van der Waals surface area (Å²) in [6.07, 6.45) is 2.24. The predicted molar refractivity (Wildman–Crippen MR) is 104 cm³/mol. The van der Waals surface area contributed by atoms with E-state index < -0.39 is 0 Å². The van der Waals surface area contributed by atoms with Crippen molar-refractivity contribution in [1.82, 2.24) is 5.43 Å². The highest BCUT2D eigenvalue weighted by Crippen LogP contribution is 2.16. The first-order chi connectivity index (χ1) is 12.7. The molecule has 0 aliphatic rings. The van der Waals surface area contributed by atoms with Gasteiger partial charge in [-0.15, -0.1) is 0 Å². The second-order valence-electron chi connectivity index (χ2n) is 5.57. The molecule has 0 heterocycles. The van der Waals surface area contributed by atoms with Crippen LogP contribution in [-0.4, -0.2) is 31.9 Å². The van der Waals surface area contributed by atoms with Crippen molar-refractivity contribution >= 4 is 17.8 Å². The summed E-state index contributed by atoms with van der Waals surface area (Å²) in [6, 6.07) is 14.6. The zero-order chi connectivity index (χ0) is 18.8. The Labute approximate surface area is 154 Å². The monoisotopic (exact) mass is 355 g/mol. The van der Waals surface area contributed by atoms with Crippen molar-refractivity contribution in [1.29, 1.82) is 0 Å². The molecule has 0 spiro atoms. The van der Waals surface area contributed by atoms with Gasteiger partial charge >= 0.3 is 0 Å². The fourth-order valence-electron chi connectivity index (χ4n) is 2.31. The lowest BCUT2D eigenvalue weighted by atomic mass is 10.2. The molecule has 2 aromatic rings. The van der Waals surface area contributed by atoms with Crippen molar-refractivity contribution in [2.45, 2.75) is 26.3 Å². The van der Waals surface area contributed by atoms with Crippen LogP contribution in [0.1, 0.15) is 25.8 Å². The highest BCUT2D eigenvalue weighted by molar-refractivity contribution is 5.86. The number of amides is 1. The quantitative estimate of drug-likeness (QED) is 0.534. The van der Waals surface area contributed by atoms with Crippen molar-refractivity contribution in [3.8, 4) is 11.5 Å². The zero-order valence-corrected chi connectivity index (χ0v) is 15.4. The molecule has 0 unspecified atom stereocenters. The minimum absolute atomic E-state index is 0.189. The summed E-state index contributed by atoms with van der Waals surface area (Å²) < 4.78 is 10.5. The van der Waals surface area contributed by atoms with Crippen LogP contribution >= 0.6 is 0 Å². The maximum Gasteiger partial charge on any atom is 0.262 e. The van der Waals surface area contributed by atoms with Crippen molar-refractivity contribution in [3.05, 3.63) is 54.1 Å². The van der Waals surface area contributed by atoms with Gasteiger partial charge in [0.1, 0.15) is 17.5 Å². The Bertz CT molecular complexity index is 712. The topological polar surface area (TPSA) is 72.0 Å². The van der Waals surface area contributed by atoms with E-state index in [1.165, 1.54) is 0 Å². The van der Waals surface area contributed by atoms with E-state index in [-0.39, 0.29) is 11.9 Å². The van der Waals surface area contributed by atoms with E-state index in [1.807, 2.05) is 62.4 Å². The number of carbonyl (C=O) groups excluding carboxylic acids is 1. The number of nitrogens with one attached hydrogen (secondary N) is 2. The molecule has 6 nitrogen and oxygen atoms in total. The highest BCUT2D eigenvalue weighted by Gasteiger charge is 2.15. The van der Waals surface area contributed by atoms with Crippen LogP contribution in [0.3, 0.4) is 0 Å². The van der Waals surface area contributed by atoms with Gasteiger partial charge in [-0.3, -0.25) is 4.79 Å². The molecule has 0 aromatic heterocycles. The number of rotatable bonds is 9. The smallest absolute Gasteiger partial charge is 0.262 e. The molecular formula is C20H25N3O3. The van der Waals surface area contributed by atoms with E-state index in [2.05, 4.69) is 15.8 Å². The fourth-order valence-corrected chi connectivity index (χ4v) is 2.31. The Morgan fingerprint density at radius 2 is 1.73 bits per heavy atom. The Balaban J connectivity index is 1.89. The number of hydrogen-bond donors (Lipinski definition) is 2. The van der Waals surface area contributed by atoms with E-state index in [0.717, 1.165) is 22.7 Å². The maximum atomic E-state index is 12.3. The third kappa shape index (κ3) is 5.81. The first kappa shape index (κ1) is 19.3. The number of anilines is 1. The van der Waals surface area contributed by atoms with Crippen molar-refractivity contribution in [3.63, 3.8) is 0 Å². The van der Waals surface area contributed by atoms with Crippen LogP contribution in [0.15, 0.2) is 53.6 Å². The molecule has 0 bridgehead atoms. The van der Waals surface area contributed by atoms with Gasteiger partial charge in [-0.05, 0) is 67.4 Å². The van der Waals surface area contributed by atoms with Gasteiger partial charge in [0, 0.05) is 5.69 Å². The molecule has 26 heavy (non-hydrogen) atoms. The van der Waals surface area contributed by atoms with Crippen molar-refractivity contribution in [2.75, 3.05) is 19.0 Å². The molecular weight excluding hydrogens is 330 g/mol. The molecule has 0 aliphatic heterocycles. The van der Waals surface area contributed by atoms with Crippen molar-refractivity contribution < 1.29 is 14.3 Å². The molecule has 2 N–H and O–H groups in total. The molecule has 138 valence electrons. The van der Waals surface area contributed by atoms with Crippen LogP contribution in [0.5, 0.6) is 11.5 Å². The Morgan fingerprint density at radius 3 is 2.31 bits per heavy atom. The maximum absolute atomic E-state index is 12.3. The van der Waals surface area contributed by atoms with Crippen LogP contribution in [0.4, 0.5) is 5.69 Å². The number of hydrogen-bond acceptors (Lipinski definition) is 5. The number of methoxy groups -OCH3 is 1. The van der Waals surface area contributed by atoms with E-state index in [1.54, 1.807) is 13.3 Å². The molecule has 0 radical (unpaired) electrons. The van der Waals surface area contributed by atoms with Gasteiger partial charge < -0.3 is 14.8 Å². The van der Waals surface area contributed by atoms with E-state index in [0.29, 0.717) is 13.0 Å². The molecule has 0 aliphatic carbocycles. The average Bonchev–Trinajstić information content (AvgIpc) is 2.68. The number of ether oxygens (including phenoxy) is 2. The van der Waals surface area contributed by atoms with Gasteiger partial charge in [0.25, 0.3) is 5.91 Å². The Hall–Kier alpha value is -3.02. The number of nitrogens with zero attached hydrogens (tertiary/aromatic N) is 1. The van der Waals surface area contributed by atoms with Gasteiger partial charge in [0.05, 0.1) is 19.9 Å². The number of carbonyl (C=O) groups is 1. The molecule has 6 heteroatoms. The minimum atomic E-state index is -0.374. The summed E-state index contributed by atoms with van der Waals surface area (Å²) in [4.78, 5) is 12.3. The largest absolute Gasteiger partial charge is 0.497 e. The summed E-state index contributed by atoms with van der Waals surface area (Å²) in [5.41, 5.74) is 4.31. The van der Waals surface area contributed by atoms with E-state index in [9.17, 15) is 4.79 Å². The highest BCUT2D eigenvalue weighted by atomic mass is 16.5. The summed E-state index contributed by atoms with van der Waals surface area (Å²) in [5.74, 6) is 1.39. The van der Waals surface area contributed by atoms with Crippen LogP contribution < -0.4 is 20.2 Å². The first-order valence-electron chi connectivity index (χ1n) is 8.62. The summed E-state index contributed by atoms with van der Waals surface area (Å²) in [7, 11) is 1.62. The molecule has 0 fully saturated rings. The SMILES string of the molecule is CCOc1ccc(C=NNC(=O)[C@@H](CC)Nc2ccc(OC)cc2)cc1. The molecule has 2 rings (SSSR count). The first-order valence-corrected chi connectivity index (χ1v) is 8.62. The zero-order valence-electron chi connectivity index (χ0n) is 15.4. The summed E-state index contributed by atoms with van der Waals surface area (Å²) in [5, 5.41) is 7.22. The number of hydrazone groups is 1. The predicted octanol–water partition coefficient (Wildman–Crippen LogP) is 3.43. The molecule has 2 aromatic carbocycles. The normalized spacial score (nSPS) is 11.8. The molecule has 1 atom stereocenters. The lowest BCUT2D eigenvalue weighted by molar-refractivity contribution is -0.121. The van der Waals surface area contributed by atoms with Gasteiger partial charge in [-0.25, -0.2) is 5.43 Å². The van der Waals surface area contributed by atoms with Crippen LogP contribution in [0.2, 0.25) is 0 Å². The van der Waals surface area contributed by atoms with Gasteiger partial charge in [0.2, 0.25) is 0 Å². The van der Waals surface area contributed by atoms with Crippen molar-refractivity contribution in [2.24, 2.45) is 5.10 Å². The Kier molecular flexibility index (Phi) is 7.49. The second kappa shape index (κ2) is 10.1. The van der Waals surface area contributed by atoms with E-state index in [4.69, 9.17) is 9.47 Å². The summed E-state index contributed by atoms with van der Waals surface area (Å²) >= 11 is 0. The average molecular weight is 355 g/mol. The third-order valence-corrected chi connectivity index (χ3v) is 3.74. The van der Waals surface area contributed by atoms with Crippen LogP contribution in [-0.2, 0) is 4.79 Å². The number of benzene rings is 2. The van der Waals surface area contributed by atoms with Crippen LogP contribution in [0, 0.1) is 0 Å². The van der Waals surface area contributed by atoms with Gasteiger partial charge in [-0.1, -0.05) is 6.92 Å². The summed E-state index contributed by atoms with van der Waals surface area (Å²) in [6.45, 7) is 4.51. The third-order valence-electron chi connectivity index (χ3n) is 3.74. The Morgan fingerprint density at radius 1 is 1.08 bits per heavy atom. The second-order valence-corrected chi connectivity index (χ2v) is 5.57. The van der Waals surface area contributed by atoms with Crippen LogP contribution in [0.25, 0.3) is 0 Å².